The summed E-state index contributed by atoms with van der Waals surface area (Å²) in [5, 5.41) is 5.67. The number of hydrogen-bond acceptors (Lipinski definition) is 4. The van der Waals surface area contributed by atoms with Gasteiger partial charge in [0.05, 0.1) is 7.11 Å². The monoisotopic (exact) mass is 369 g/mol. The zero-order valence-electron chi connectivity index (χ0n) is 15.0. The van der Waals surface area contributed by atoms with Gasteiger partial charge >= 0.3 is 0 Å². The Hall–Kier alpha value is -1.79. The SMILES string of the molecule is COc1ccc(C(=O)NC(C(=O)NCC(N)C2CC2)C(C)C)cc1.Cl. The summed E-state index contributed by atoms with van der Waals surface area (Å²) >= 11 is 0. The van der Waals surface area contributed by atoms with Gasteiger partial charge in [-0.15, -0.1) is 12.4 Å². The van der Waals surface area contributed by atoms with E-state index in [1.54, 1.807) is 31.4 Å². The number of rotatable bonds is 8. The fourth-order valence-corrected chi connectivity index (χ4v) is 2.52. The molecular formula is C18H28ClN3O3. The molecule has 1 saturated carbocycles. The Balaban J connectivity index is 0.00000312. The van der Waals surface area contributed by atoms with Crippen LogP contribution < -0.4 is 21.1 Å². The normalized spacial score (nSPS) is 15.7. The van der Waals surface area contributed by atoms with E-state index in [0.29, 0.717) is 23.8 Å². The van der Waals surface area contributed by atoms with Crippen LogP contribution in [0.5, 0.6) is 5.75 Å². The van der Waals surface area contributed by atoms with Crippen molar-refractivity contribution in [1.82, 2.24) is 10.6 Å². The third kappa shape index (κ3) is 6.21. The van der Waals surface area contributed by atoms with Crippen molar-refractivity contribution in [3.8, 4) is 5.75 Å². The van der Waals surface area contributed by atoms with Crippen LogP contribution in [0.15, 0.2) is 24.3 Å². The maximum Gasteiger partial charge on any atom is 0.251 e. The van der Waals surface area contributed by atoms with Gasteiger partial charge in [0.2, 0.25) is 5.91 Å². The lowest BCUT2D eigenvalue weighted by atomic mass is 10.0. The standard InChI is InChI=1S/C18H27N3O3.ClH/c1-11(2)16(18(23)20-10-15(19)12-4-5-12)21-17(22)13-6-8-14(24-3)9-7-13;/h6-9,11-12,15-16H,4-5,10,19H2,1-3H3,(H,20,23)(H,21,22);1H. The van der Waals surface area contributed by atoms with Crippen LogP contribution in [0.25, 0.3) is 0 Å². The molecule has 25 heavy (non-hydrogen) atoms. The second-order valence-corrected chi connectivity index (χ2v) is 6.67. The Bertz CT molecular complexity index is 573. The van der Waals surface area contributed by atoms with E-state index < -0.39 is 6.04 Å². The van der Waals surface area contributed by atoms with Gasteiger partial charge in [-0.05, 0) is 48.9 Å². The highest BCUT2D eigenvalue weighted by molar-refractivity contribution is 5.97. The molecule has 1 aromatic carbocycles. The molecule has 2 amide bonds. The molecule has 0 heterocycles. The lowest BCUT2D eigenvalue weighted by Gasteiger charge is -2.23. The minimum atomic E-state index is -0.592. The number of methoxy groups -OCH3 is 1. The highest BCUT2D eigenvalue weighted by Gasteiger charge is 2.30. The molecule has 0 aromatic heterocycles. The molecule has 2 rings (SSSR count). The average molecular weight is 370 g/mol. The van der Waals surface area contributed by atoms with Crippen molar-refractivity contribution in [1.29, 1.82) is 0 Å². The summed E-state index contributed by atoms with van der Waals surface area (Å²) in [6.07, 6.45) is 2.28. The van der Waals surface area contributed by atoms with Crippen LogP contribution in [0.4, 0.5) is 0 Å². The van der Waals surface area contributed by atoms with Crippen LogP contribution in [0.1, 0.15) is 37.0 Å². The maximum absolute atomic E-state index is 12.4. The second-order valence-electron chi connectivity index (χ2n) is 6.67. The van der Waals surface area contributed by atoms with Crippen LogP contribution in [0.2, 0.25) is 0 Å². The first-order valence-corrected chi connectivity index (χ1v) is 8.40. The molecule has 0 aliphatic heterocycles. The van der Waals surface area contributed by atoms with Crippen molar-refractivity contribution in [2.75, 3.05) is 13.7 Å². The molecule has 1 fully saturated rings. The van der Waals surface area contributed by atoms with Crippen LogP contribution >= 0.6 is 12.4 Å². The molecule has 6 nitrogen and oxygen atoms in total. The molecule has 1 aromatic rings. The first-order valence-electron chi connectivity index (χ1n) is 8.40. The summed E-state index contributed by atoms with van der Waals surface area (Å²) in [7, 11) is 1.57. The number of carbonyl (C=O) groups excluding carboxylic acids is 2. The third-order valence-electron chi connectivity index (χ3n) is 4.33. The van der Waals surface area contributed by atoms with E-state index in [0.717, 1.165) is 12.8 Å². The minimum absolute atomic E-state index is 0. The van der Waals surface area contributed by atoms with Gasteiger partial charge in [0, 0.05) is 18.2 Å². The summed E-state index contributed by atoms with van der Waals surface area (Å²) in [6, 6.07) is 6.19. The smallest absolute Gasteiger partial charge is 0.251 e. The Morgan fingerprint density at radius 3 is 2.32 bits per heavy atom. The number of ether oxygens (including phenoxy) is 1. The number of benzene rings is 1. The number of amides is 2. The molecule has 2 atom stereocenters. The van der Waals surface area contributed by atoms with Gasteiger partial charge in [-0.25, -0.2) is 0 Å². The predicted octanol–water partition coefficient (Wildman–Crippen LogP) is 1.72. The van der Waals surface area contributed by atoms with E-state index in [2.05, 4.69) is 10.6 Å². The van der Waals surface area contributed by atoms with Gasteiger partial charge in [-0.3, -0.25) is 9.59 Å². The number of carbonyl (C=O) groups is 2. The van der Waals surface area contributed by atoms with Crippen LogP contribution in [-0.4, -0.2) is 37.6 Å². The Labute approximate surface area is 155 Å². The fourth-order valence-electron chi connectivity index (χ4n) is 2.52. The highest BCUT2D eigenvalue weighted by atomic mass is 35.5. The van der Waals surface area contributed by atoms with Gasteiger partial charge in [-0.1, -0.05) is 13.8 Å². The van der Waals surface area contributed by atoms with Gasteiger partial charge in [-0.2, -0.15) is 0 Å². The molecule has 1 aliphatic carbocycles. The highest BCUT2D eigenvalue weighted by Crippen LogP contribution is 2.31. The fraction of sp³-hybridized carbons (Fsp3) is 0.556. The van der Waals surface area contributed by atoms with Crippen LogP contribution in [0, 0.1) is 11.8 Å². The molecule has 0 saturated heterocycles. The summed E-state index contributed by atoms with van der Waals surface area (Å²) < 4.78 is 5.08. The van der Waals surface area contributed by atoms with Crippen LogP contribution in [-0.2, 0) is 4.79 Å². The number of hydrogen-bond donors (Lipinski definition) is 3. The maximum atomic E-state index is 12.4. The van der Waals surface area contributed by atoms with Gasteiger partial charge in [0.25, 0.3) is 5.91 Å². The Morgan fingerprint density at radius 1 is 1.24 bits per heavy atom. The van der Waals surface area contributed by atoms with Crippen molar-refractivity contribution < 1.29 is 14.3 Å². The molecule has 2 unspecified atom stereocenters. The summed E-state index contributed by atoms with van der Waals surface area (Å²) in [5.41, 5.74) is 6.50. The lowest BCUT2D eigenvalue weighted by molar-refractivity contribution is -0.124. The summed E-state index contributed by atoms with van der Waals surface area (Å²) in [6.45, 7) is 4.25. The molecule has 140 valence electrons. The first-order chi connectivity index (χ1) is 11.4. The minimum Gasteiger partial charge on any atom is -0.497 e. The first kappa shape index (κ1) is 21.3. The van der Waals surface area contributed by atoms with Crippen molar-refractivity contribution in [2.45, 2.75) is 38.8 Å². The molecule has 4 N–H and O–H groups in total. The zero-order chi connectivity index (χ0) is 17.7. The lowest BCUT2D eigenvalue weighted by Crippen LogP contribution is -2.52. The number of halogens is 1. The van der Waals surface area contributed by atoms with Crippen molar-refractivity contribution >= 4 is 24.2 Å². The average Bonchev–Trinajstić information content (AvgIpc) is 3.41. The van der Waals surface area contributed by atoms with Gasteiger partial charge in [0.1, 0.15) is 11.8 Å². The molecular weight excluding hydrogens is 342 g/mol. The number of nitrogens with one attached hydrogen (secondary N) is 2. The Kier molecular flexibility index (Phi) is 8.19. The quantitative estimate of drug-likeness (QED) is 0.650. The molecule has 7 heteroatoms. The van der Waals surface area contributed by atoms with E-state index >= 15 is 0 Å². The van der Waals surface area contributed by atoms with E-state index in [-0.39, 0.29) is 36.2 Å². The van der Waals surface area contributed by atoms with E-state index in [9.17, 15) is 9.59 Å². The summed E-state index contributed by atoms with van der Waals surface area (Å²) in [5.74, 6) is 0.709. The van der Waals surface area contributed by atoms with E-state index in [1.807, 2.05) is 13.8 Å². The Morgan fingerprint density at radius 2 is 1.84 bits per heavy atom. The predicted molar refractivity (Wildman–Crippen MR) is 100 cm³/mol. The zero-order valence-corrected chi connectivity index (χ0v) is 15.8. The summed E-state index contributed by atoms with van der Waals surface area (Å²) in [4.78, 5) is 24.8. The second kappa shape index (κ2) is 9.63. The van der Waals surface area contributed by atoms with Gasteiger partial charge < -0.3 is 21.1 Å². The van der Waals surface area contributed by atoms with Crippen molar-refractivity contribution in [3.05, 3.63) is 29.8 Å². The van der Waals surface area contributed by atoms with Crippen molar-refractivity contribution in [3.63, 3.8) is 0 Å². The molecule has 0 bridgehead atoms. The van der Waals surface area contributed by atoms with E-state index in [1.165, 1.54) is 0 Å². The topological polar surface area (TPSA) is 93.4 Å². The molecule has 1 aliphatic rings. The molecule has 0 spiro atoms. The van der Waals surface area contributed by atoms with Crippen LogP contribution in [0.3, 0.4) is 0 Å². The number of nitrogens with two attached hydrogens (primary N) is 1. The third-order valence-corrected chi connectivity index (χ3v) is 4.33. The van der Waals surface area contributed by atoms with Crippen molar-refractivity contribution in [2.24, 2.45) is 17.6 Å². The van der Waals surface area contributed by atoms with Gasteiger partial charge in [0.15, 0.2) is 0 Å². The van der Waals surface area contributed by atoms with E-state index in [4.69, 9.17) is 10.5 Å². The largest absolute Gasteiger partial charge is 0.497 e. The molecule has 0 radical (unpaired) electrons.